The summed E-state index contributed by atoms with van der Waals surface area (Å²) < 4.78 is 11.8. The van der Waals surface area contributed by atoms with Crippen molar-refractivity contribution in [1.29, 1.82) is 0 Å². The summed E-state index contributed by atoms with van der Waals surface area (Å²) in [4.78, 5) is 30.7. The second kappa shape index (κ2) is 9.20. The van der Waals surface area contributed by atoms with Gasteiger partial charge < -0.3 is 14.6 Å². The van der Waals surface area contributed by atoms with E-state index in [2.05, 4.69) is 4.99 Å². The monoisotopic (exact) mass is 453 g/mol. The zero-order valence-corrected chi connectivity index (χ0v) is 19.6. The molecule has 0 fully saturated rings. The highest BCUT2D eigenvalue weighted by Crippen LogP contribution is 2.42. The molecule has 0 saturated carbocycles. The molecular formula is C25H27NO5S. The molecule has 2 atom stereocenters. The standard InChI is InChI=1S/C25H27NO5S/c1-24(2,3)31-23(29)21(25(4)13-6-14-26-25)19-15-16(22(27)28)7-12-20(19)30-17-8-10-18(32-5)11-9-17/h6-15,21H,1-5H3,(H,27,28). The van der Waals surface area contributed by atoms with Crippen molar-refractivity contribution in [2.45, 2.75) is 49.6 Å². The number of hydrogen-bond donors (Lipinski definition) is 1. The number of hydrogen-bond acceptors (Lipinski definition) is 6. The second-order valence-electron chi connectivity index (χ2n) is 8.66. The van der Waals surface area contributed by atoms with Gasteiger partial charge in [0.1, 0.15) is 23.0 Å². The molecule has 1 aliphatic rings. The first-order valence-corrected chi connectivity index (χ1v) is 11.4. The molecule has 32 heavy (non-hydrogen) atoms. The number of benzene rings is 2. The third kappa shape index (κ3) is 5.40. The van der Waals surface area contributed by atoms with Gasteiger partial charge in [-0.3, -0.25) is 9.79 Å². The van der Waals surface area contributed by atoms with Crippen LogP contribution in [-0.4, -0.2) is 40.7 Å². The average molecular weight is 454 g/mol. The van der Waals surface area contributed by atoms with Gasteiger partial charge in [-0.15, -0.1) is 11.8 Å². The van der Waals surface area contributed by atoms with Gasteiger partial charge in [0, 0.05) is 16.7 Å². The van der Waals surface area contributed by atoms with Crippen molar-refractivity contribution < 1.29 is 24.2 Å². The Morgan fingerprint density at radius 1 is 1.12 bits per heavy atom. The molecular weight excluding hydrogens is 426 g/mol. The van der Waals surface area contributed by atoms with Gasteiger partial charge in [-0.25, -0.2) is 4.79 Å². The van der Waals surface area contributed by atoms with E-state index < -0.39 is 29.0 Å². The lowest BCUT2D eigenvalue weighted by Crippen LogP contribution is -2.38. The van der Waals surface area contributed by atoms with Crippen LogP contribution in [-0.2, 0) is 9.53 Å². The Balaban J connectivity index is 2.13. The molecule has 0 aliphatic carbocycles. The maximum atomic E-state index is 13.4. The summed E-state index contributed by atoms with van der Waals surface area (Å²) in [5.41, 5.74) is -1.22. The number of esters is 1. The minimum atomic E-state index is -1.10. The highest BCUT2D eigenvalue weighted by atomic mass is 32.2. The van der Waals surface area contributed by atoms with Crippen molar-refractivity contribution in [3.05, 3.63) is 65.7 Å². The van der Waals surface area contributed by atoms with Gasteiger partial charge in [0.2, 0.25) is 0 Å². The Hall–Kier alpha value is -3.06. The lowest BCUT2D eigenvalue weighted by molar-refractivity contribution is -0.158. The van der Waals surface area contributed by atoms with Gasteiger partial charge in [-0.2, -0.15) is 0 Å². The predicted molar refractivity (Wildman–Crippen MR) is 126 cm³/mol. The van der Waals surface area contributed by atoms with E-state index in [0.717, 1.165) is 4.90 Å². The van der Waals surface area contributed by atoms with Crippen molar-refractivity contribution in [3.63, 3.8) is 0 Å². The number of carboxylic acids is 1. The van der Waals surface area contributed by atoms with E-state index in [-0.39, 0.29) is 5.56 Å². The fourth-order valence-corrected chi connectivity index (χ4v) is 3.88. The zero-order valence-electron chi connectivity index (χ0n) is 18.8. The lowest BCUT2D eigenvalue weighted by Gasteiger charge is -2.32. The number of allylic oxidation sites excluding steroid dienone is 1. The minimum Gasteiger partial charge on any atom is -0.478 e. The molecule has 0 radical (unpaired) electrons. The molecule has 1 aliphatic heterocycles. The summed E-state index contributed by atoms with van der Waals surface area (Å²) in [6, 6.07) is 12.0. The molecule has 0 aromatic heterocycles. The zero-order chi connectivity index (χ0) is 23.5. The number of carbonyl (C=O) groups is 2. The predicted octanol–water partition coefficient (Wildman–Crippen LogP) is 5.72. The largest absolute Gasteiger partial charge is 0.478 e. The summed E-state index contributed by atoms with van der Waals surface area (Å²) in [5.74, 6) is -1.56. The van der Waals surface area contributed by atoms with Crippen LogP contribution in [0, 0.1) is 0 Å². The number of thioether (sulfide) groups is 1. The number of nitrogens with zero attached hydrogens (tertiary/aromatic N) is 1. The molecule has 2 unspecified atom stereocenters. The first-order valence-electron chi connectivity index (χ1n) is 10.2. The quantitative estimate of drug-likeness (QED) is 0.426. The first kappa shape index (κ1) is 23.6. The van der Waals surface area contributed by atoms with E-state index in [9.17, 15) is 14.7 Å². The lowest BCUT2D eigenvalue weighted by atomic mass is 9.80. The van der Waals surface area contributed by atoms with E-state index in [1.165, 1.54) is 12.1 Å². The molecule has 0 saturated heterocycles. The van der Waals surface area contributed by atoms with Gasteiger partial charge in [0.25, 0.3) is 0 Å². The number of aromatic carboxylic acids is 1. The Morgan fingerprint density at radius 2 is 1.81 bits per heavy atom. The van der Waals surface area contributed by atoms with E-state index in [0.29, 0.717) is 17.1 Å². The van der Waals surface area contributed by atoms with Gasteiger partial charge in [0.05, 0.1) is 11.1 Å². The van der Waals surface area contributed by atoms with Crippen LogP contribution in [0.25, 0.3) is 0 Å². The van der Waals surface area contributed by atoms with E-state index >= 15 is 0 Å². The Kier molecular flexibility index (Phi) is 6.79. The van der Waals surface area contributed by atoms with Gasteiger partial charge >= 0.3 is 11.9 Å². The van der Waals surface area contributed by atoms with Crippen LogP contribution in [0.5, 0.6) is 11.5 Å². The van der Waals surface area contributed by atoms with Gasteiger partial charge in [0.15, 0.2) is 0 Å². The normalized spacial score (nSPS) is 18.4. The van der Waals surface area contributed by atoms with Crippen LogP contribution >= 0.6 is 11.8 Å². The van der Waals surface area contributed by atoms with Crippen LogP contribution in [0.1, 0.15) is 49.5 Å². The minimum absolute atomic E-state index is 0.0493. The molecule has 3 rings (SSSR count). The molecule has 6 nitrogen and oxygen atoms in total. The van der Waals surface area contributed by atoms with Crippen LogP contribution in [0.2, 0.25) is 0 Å². The number of aliphatic imine (C=N–C) groups is 1. The topological polar surface area (TPSA) is 85.2 Å². The third-order valence-electron chi connectivity index (χ3n) is 4.95. The Labute approximate surface area is 192 Å². The molecule has 1 N–H and O–H groups in total. The van der Waals surface area contributed by atoms with Crippen LogP contribution in [0.3, 0.4) is 0 Å². The highest BCUT2D eigenvalue weighted by molar-refractivity contribution is 7.98. The molecule has 0 bridgehead atoms. The van der Waals surface area contributed by atoms with E-state index in [1.54, 1.807) is 50.9 Å². The molecule has 7 heteroatoms. The first-order chi connectivity index (χ1) is 15.0. The van der Waals surface area contributed by atoms with Gasteiger partial charge in [-0.05, 0) is 82.5 Å². The Morgan fingerprint density at radius 3 is 2.34 bits per heavy atom. The molecule has 0 amide bonds. The van der Waals surface area contributed by atoms with Crippen molar-refractivity contribution in [2.75, 3.05) is 6.26 Å². The van der Waals surface area contributed by atoms with Crippen LogP contribution in [0.15, 0.2) is 64.5 Å². The average Bonchev–Trinajstić information content (AvgIpc) is 3.15. The number of carboxylic acid groups (broad SMARTS) is 1. The molecule has 1 heterocycles. The maximum Gasteiger partial charge on any atom is 0.335 e. The number of ether oxygens (including phenoxy) is 2. The van der Waals surface area contributed by atoms with Crippen molar-refractivity contribution in [2.24, 2.45) is 4.99 Å². The summed E-state index contributed by atoms with van der Waals surface area (Å²) in [6.45, 7) is 7.18. The number of carbonyl (C=O) groups excluding carboxylic acids is 1. The smallest absolute Gasteiger partial charge is 0.335 e. The van der Waals surface area contributed by atoms with Crippen molar-refractivity contribution in [3.8, 4) is 11.5 Å². The summed E-state index contributed by atoms with van der Waals surface area (Å²) in [7, 11) is 0. The molecule has 168 valence electrons. The van der Waals surface area contributed by atoms with Crippen LogP contribution < -0.4 is 4.74 Å². The SMILES string of the molecule is CSc1ccc(Oc2ccc(C(=O)O)cc2C(C(=O)OC(C)(C)C)C2(C)C=CC=N2)cc1. The fraction of sp³-hybridized carbons (Fsp3) is 0.320. The summed E-state index contributed by atoms with van der Waals surface area (Å²) in [5, 5.41) is 9.58. The Bertz CT molecular complexity index is 1050. The van der Waals surface area contributed by atoms with E-state index in [4.69, 9.17) is 9.47 Å². The third-order valence-corrected chi connectivity index (χ3v) is 5.70. The summed E-state index contributed by atoms with van der Waals surface area (Å²) in [6.07, 6.45) is 7.19. The maximum absolute atomic E-state index is 13.4. The fourth-order valence-electron chi connectivity index (χ4n) is 3.47. The van der Waals surface area contributed by atoms with E-state index in [1.807, 2.05) is 43.5 Å². The molecule has 2 aromatic carbocycles. The van der Waals surface area contributed by atoms with Crippen molar-refractivity contribution in [1.82, 2.24) is 0 Å². The van der Waals surface area contributed by atoms with Gasteiger partial charge in [-0.1, -0.05) is 6.08 Å². The second-order valence-corrected chi connectivity index (χ2v) is 9.54. The van der Waals surface area contributed by atoms with Crippen molar-refractivity contribution >= 4 is 29.9 Å². The number of rotatable bonds is 7. The highest BCUT2D eigenvalue weighted by Gasteiger charge is 2.43. The summed E-state index contributed by atoms with van der Waals surface area (Å²) >= 11 is 1.62. The molecule has 0 spiro atoms. The van der Waals surface area contributed by atoms with Crippen LogP contribution in [0.4, 0.5) is 0 Å². The molecule has 2 aromatic rings.